The molecule has 15 nitrogen and oxygen atoms in total. The van der Waals surface area contributed by atoms with Crippen molar-refractivity contribution in [1.29, 1.82) is 0 Å². The van der Waals surface area contributed by atoms with Crippen LogP contribution in [0.3, 0.4) is 0 Å². The minimum Gasteiger partial charge on any atom is -0.378 e. The number of anilines is 6. The first-order chi connectivity index (χ1) is 30.1. The van der Waals surface area contributed by atoms with Gasteiger partial charge in [-0.25, -0.2) is 29.9 Å². The maximum absolute atomic E-state index is 5.65. The van der Waals surface area contributed by atoms with Crippen molar-refractivity contribution in [2.24, 2.45) is 11.8 Å². The van der Waals surface area contributed by atoms with E-state index in [4.69, 9.17) is 39.4 Å². The molecule has 4 fully saturated rings. The Bertz CT molecular complexity index is 2410. The fourth-order valence-electron chi connectivity index (χ4n) is 9.48. The van der Waals surface area contributed by atoms with E-state index in [1.165, 1.54) is 0 Å². The summed E-state index contributed by atoms with van der Waals surface area (Å²) in [6.45, 7) is 11.6. The Kier molecular flexibility index (Phi) is 11.4. The molecule has 2 unspecified atom stereocenters. The zero-order valence-electron chi connectivity index (χ0n) is 34.7. The minimum atomic E-state index is 0.0876. The SMILES string of the molecule is Cc1nc(N2CC(C3C[C@@H](Nc4cc(N5CCOCC5)ccn4)CN(c4nccc(-c5cccnc5)n4)C3)C[C@@H](Nc3cc(N4CCOCC4)ccn3)C2)nc2ccccc12. The zero-order valence-corrected chi connectivity index (χ0v) is 34.7. The number of pyridine rings is 3. The van der Waals surface area contributed by atoms with Crippen LogP contribution < -0.4 is 30.2 Å². The van der Waals surface area contributed by atoms with Crippen molar-refractivity contribution >= 4 is 45.8 Å². The zero-order chi connectivity index (χ0) is 41.0. The Morgan fingerprint density at radius 1 is 0.574 bits per heavy atom. The highest BCUT2D eigenvalue weighted by molar-refractivity contribution is 5.81. The van der Waals surface area contributed by atoms with Crippen LogP contribution in [0.5, 0.6) is 0 Å². The number of rotatable bonds is 10. The van der Waals surface area contributed by atoms with E-state index >= 15 is 0 Å². The van der Waals surface area contributed by atoms with Crippen LogP contribution in [0.2, 0.25) is 0 Å². The number of piperidine rings is 2. The Hall–Kier alpha value is -6.19. The molecule has 4 atom stereocenters. The molecule has 0 amide bonds. The van der Waals surface area contributed by atoms with E-state index in [0.717, 1.165) is 148 Å². The third kappa shape index (κ3) is 8.98. The summed E-state index contributed by atoms with van der Waals surface area (Å²) in [7, 11) is 0. The Morgan fingerprint density at radius 2 is 1.18 bits per heavy atom. The normalized spacial score (nSPS) is 22.3. The highest BCUT2D eigenvalue weighted by Gasteiger charge is 2.39. The van der Waals surface area contributed by atoms with Crippen molar-refractivity contribution in [1.82, 2.24) is 34.9 Å². The number of hydrogen-bond donors (Lipinski definition) is 2. The molecule has 0 aliphatic carbocycles. The molecular formula is C46H53N13O2. The van der Waals surface area contributed by atoms with Crippen LogP contribution in [0.15, 0.2) is 97.7 Å². The largest absolute Gasteiger partial charge is 0.378 e. The Morgan fingerprint density at radius 3 is 1.80 bits per heavy atom. The first-order valence-electron chi connectivity index (χ1n) is 21.7. The van der Waals surface area contributed by atoms with Crippen LogP contribution in [0, 0.1) is 18.8 Å². The second-order valence-electron chi connectivity index (χ2n) is 16.6. The van der Waals surface area contributed by atoms with E-state index in [9.17, 15) is 0 Å². The van der Waals surface area contributed by atoms with Crippen LogP contribution in [-0.2, 0) is 9.47 Å². The fourth-order valence-corrected chi connectivity index (χ4v) is 9.48. The minimum absolute atomic E-state index is 0.0876. The van der Waals surface area contributed by atoms with Gasteiger partial charge >= 0.3 is 0 Å². The van der Waals surface area contributed by atoms with Crippen LogP contribution in [0.25, 0.3) is 22.2 Å². The quantitative estimate of drug-likeness (QED) is 0.178. The van der Waals surface area contributed by atoms with Gasteiger partial charge in [-0.3, -0.25) is 4.98 Å². The first-order valence-corrected chi connectivity index (χ1v) is 21.7. The molecule has 10 rings (SSSR count). The van der Waals surface area contributed by atoms with E-state index in [1.807, 2.05) is 43.0 Å². The number of fused-ring (bicyclic) bond motifs is 1. The number of morpholine rings is 2. The van der Waals surface area contributed by atoms with E-state index in [0.29, 0.717) is 5.95 Å². The Balaban J connectivity index is 0.971. The number of aromatic nitrogens is 7. The van der Waals surface area contributed by atoms with E-state index in [1.54, 1.807) is 6.20 Å². The topological polar surface area (TPSA) is 146 Å². The number of hydrogen-bond acceptors (Lipinski definition) is 15. The summed E-state index contributed by atoms with van der Waals surface area (Å²) >= 11 is 0. The second-order valence-corrected chi connectivity index (χ2v) is 16.6. The van der Waals surface area contributed by atoms with E-state index in [2.05, 4.69) is 90.7 Å². The van der Waals surface area contributed by atoms with Crippen LogP contribution in [0.4, 0.5) is 34.9 Å². The smallest absolute Gasteiger partial charge is 0.226 e. The average Bonchev–Trinajstić information content (AvgIpc) is 3.32. The number of aryl methyl sites for hydroxylation is 1. The predicted molar refractivity (Wildman–Crippen MR) is 240 cm³/mol. The maximum Gasteiger partial charge on any atom is 0.226 e. The summed E-state index contributed by atoms with van der Waals surface area (Å²) < 4.78 is 11.3. The van der Waals surface area contributed by atoms with Crippen molar-refractivity contribution in [3.8, 4) is 11.3 Å². The summed E-state index contributed by atoms with van der Waals surface area (Å²) in [6, 6.07) is 23.0. The third-order valence-corrected chi connectivity index (χ3v) is 12.5. The molecule has 314 valence electrons. The lowest BCUT2D eigenvalue weighted by Gasteiger charge is -2.46. The van der Waals surface area contributed by atoms with Crippen LogP contribution in [0.1, 0.15) is 18.5 Å². The molecule has 4 aliphatic rings. The van der Waals surface area contributed by atoms with Gasteiger partial charge in [0, 0.05) is 130 Å². The van der Waals surface area contributed by atoms with Gasteiger partial charge in [0.25, 0.3) is 0 Å². The summed E-state index contributed by atoms with van der Waals surface area (Å²) in [5, 5.41) is 8.85. The van der Waals surface area contributed by atoms with Gasteiger partial charge in [-0.1, -0.05) is 18.2 Å². The third-order valence-electron chi connectivity index (χ3n) is 12.5. The lowest BCUT2D eigenvalue weighted by molar-refractivity contribution is 0.122. The van der Waals surface area contributed by atoms with Gasteiger partial charge in [0.2, 0.25) is 11.9 Å². The molecule has 4 aliphatic heterocycles. The van der Waals surface area contributed by atoms with Crippen molar-refractivity contribution < 1.29 is 9.47 Å². The summed E-state index contributed by atoms with van der Waals surface area (Å²) in [6.07, 6.45) is 11.2. The first kappa shape index (κ1) is 39.0. The average molecular weight is 820 g/mol. The molecule has 15 heteroatoms. The highest BCUT2D eigenvalue weighted by Crippen LogP contribution is 2.36. The predicted octanol–water partition coefficient (Wildman–Crippen LogP) is 5.57. The highest BCUT2D eigenvalue weighted by atomic mass is 16.5. The van der Waals surface area contributed by atoms with Gasteiger partial charge in [-0.05, 0) is 68.0 Å². The number of benzene rings is 1. The van der Waals surface area contributed by atoms with E-state index < -0.39 is 0 Å². The van der Waals surface area contributed by atoms with Crippen molar-refractivity contribution in [2.75, 3.05) is 109 Å². The maximum atomic E-state index is 5.65. The molecule has 1 aromatic carbocycles. The number of para-hydroxylation sites is 1. The van der Waals surface area contributed by atoms with Crippen molar-refractivity contribution in [3.63, 3.8) is 0 Å². The van der Waals surface area contributed by atoms with Gasteiger partial charge in [0.15, 0.2) is 0 Å². The summed E-state index contributed by atoms with van der Waals surface area (Å²) in [5.41, 5.74) is 6.09. The van der Waals surface area contributed by atoms with Gasteiger partial charge < -0.3 is 39.7 Å². The van der Waals surface area contributed by atoms with Crippen molar-refractivity contribution in [2.45, 2.75) is 31.8 Å². The van der Waals surface area contributed by atoms with E-state index in [-0.39, 0.29) is 23.9 Å². The molecule has 6 aromatic rings. The molecule has 2 N–H and O–H groups in total. The lowest BCUT2D eigenvalue weighted by Crippen LogP contribution is -2.54. The molecule has 0 bridgehead atoms. The van der Waals surface area contributed by atoms with Gasteiger partial charge in [0.1, 0.15) is 11.6 Å². The number of nitrogens with zero attached hydrogens (tertiary/aromatic N) is 11. The number of ether oxygens (including phenoxy) is 2. The van der Waals surface area contributed by atoms with Crippen LogP contribution in [-0.4, -0.2) is 126 Å². The summed E-state index contributed by atoms with van der Waals surface area (Å²) in [4.78, 5) is 43.8. The molecule has 0 radical (unpaired) electrons. The second kappa shape index (κ2) is 17.8. The van der Waals surface area contributed by atoms with Gasteiger partial charge in [-0.2, -0.15) is 0 Å². The molecule has 5 aromatic heterocycles. The molecule has 4 saturated heterocycles. The lowest BCUT2D eigenvalue weighted by atomic mass is 9.78. The molecule has 61 heavy (non-hydrogen) atoms. The van der Waals surface area contributed by atoms with Gasteiger partial charge in [0.05, 0.1) is 43.3 Å². The molecule has 0 saturated carbocycles. The summed E-state index contributed by atoms with van der Waals surface area (Å²) in [5.74, 6) is 3.79. The van der Waals surface area contributed by atoms with Crippen molar-refractivity contribution in [3.05, 3.63) is 103 Å². The number of nitrogens with one attached hydrogen (secondary N) is 2. The van der Waals surface area contributed by atoms with Crippen LogP contribution >= 0.6 is 0 Å². The molecular weight excluding hydrogens is 767 g/mol. The monoisotopic (exact) mass is 819 g/mol. The van der Waals surface area contributed by atoms with Gasteiger partial charge in [-0.15, -0.1) is 0 Å². The molecule has 0 spiro atoms. The Labute approximate surface area is 356 Å². The molecule has 9 heterocycles. The standard InChI is InChI=1S/C46H53N13O2/c1-32-40-6-2-3-7-42(40)55-46(51-32)59-29-35(24-37(31-59)53-44-26-39(9-13-49-44)57-17-21-61-22-18-57)34-23-36(52-43-25-38(8-12-48-43)56-15-19-60-20-16-56)30-58(28-34)45-50-14-10-41(54-45)33-5-4-11-47-27-33/h2-14,25-27,34-37H,15-24,28-31H2,1H3,(H,48,52)(H,49,53)/t34?,35?,36-,37-/m1/s1. The fraction of sp³-hybridized carbons (Fsp3) is 0.413.